The zero-order valence-corrected chi connectivity index (χ0v) is 16.0. The third kappa shape index (κ3) is 4.67. The molecule has 0 saturated carbocycles. The molecule has 0 unspecified atom stereocenters. The van der Waals surface area contributed by atoms with Gasteiger partial charge in [0, 0.05) is 26.2 Å². The lowest BCUT2D eigenvalue weighted by Gasteiger charge is -2.36. The van der Waals surface area contributed by atoms with Crippen molar-refractivity contribution in [3.8, 4) is 0 Å². The second-order valence-corrected chi connectivity index (χ2v) is 6.77. The van der Waals surface area contributed by atoms with Crippen molar-refractivity contribution >= 4 is 17.6 Å². The van der Waals surface area contributed by atoms with Crippen molar-refractivity contribution in [3.05, 3.63) is 65.2 Å². The van der Waals surface area contributed by atoms with Crippen molar-refractivity contribution in [2.75, 3.05) is 37.7 Å². The highest BCUT2D eigenvalue weighted by molar-refractivity contribution is 5.96. The minimum absolute atomic E-state index is 0.150. The minimum Gasteiger partial charge on any atom is -0.462 e. The molecule has 0 spiro atoms. The lowest BCUT2D eigenvalue weighted by atomic mass is 10.1. The summed E-state index contributed by atoms with van der Waals surface area (Å²) in [5, 5.41) is 0. The highest BCUT2D eigenvalue weighted by Crippen LogP contribution is 2.23. The topological polar surface area (TPSA) is 49.9 Å². The van der Waals surface area contributed by atoms with Crippen LogP contribution in [0.25, 0.3) is 0 Å². The Morgan fingerprint density at radius 3 is 2.30 bits per heavy atom. The van der Waals surface area contributed by atoms with Crippen LogP contribution >= 0.6 is 0 Å². The Labute approximate surface area is 160 Å². The molecule has 2 aromatic rings. The number of hydrogen-bond donors (Lipinski definition) is 0. The fourth-order valence-electron chi connectivity index (χ4n) is 3.32. The van der Waals surface area contributed by atoms with E-state index >= 15 is 0 Å². The maximum Gasteiger partial charge on any atom is 0.340 e. The molecule has 1 fully saturated rings. The van der Waals surface area contributed by atoms with Gasteiger partial charge in [-0.05, 0) is 31.5 Å². The number of amides is 1. The van der Waals surface area contributed by atoms with E-state index in [0.29, 0.717) is 44.8 Å². The van der Waals surface area contributed by atoms with Gasteiger partial charge in [-0.15, -0.1) is 0 Å². The lowest BCUT2D eigenvalue weighted by molar-refractivity contribution is -0.130. The summed E-state index contributed by atoms with van der Waals surface area (Å²) >= 11 is 0. The Hall–Kier alpha value is -2.82. The van der Waals surface area contributed by atoms with Gasteiger partial charge < -0.3 is 14.5 Å². The van der Waals surface area contributed by atoms with E-state index in [1.165, 1.54) is 5.56 Å². The molecule has 0 atom stereocenters. The van der Waals surface area contributed by atoms with Crippen LogP contribution in [0.5, 0.6) is 0 Å². The van der Waals surface area contributed by atoms with Crippen molar-refractivity contribution < 1.29 is 14.3 Å². The molecule has 3 rings (SSSR count). The third-order valence-electron chi connectivity index (χ3n) is 4.85. The second-order valence-electron chi connectivity index (χ2n) is 6.77. The van der Waals surface area contributed by atoms with Crippen molar-refractivity contribution in [2.45, 2.75) is 20.3 Å². The van der Waals surface area contributed by atoms with Crippen LogP contribution in [0.4, 0.5) is 5.69 Å². The summed E-state index contributed by atoms with van der Waals surface area (Å²) in [7, 11) is 0. The van der Waals surface area contributed by atoms with Gasteiger partial charge in [0.15, 0.2) is 0 Å². The molecule has 27 heavy (non-hydrogen) atoms. The number of carbonyl (C=O) groups is 2. The first-order valence-corrected chi connectivity index (χ1v) is 9.43. The monoisotopic (exact) mass is 366 g/mol. The fourth-order valence-corrected chi connectivity index (χ4v) is 3.32. The van der Waals surface area contributed by atoms with E-state index < -0.39 is 0 Å². The SMILES string of the molecule is CCOC(=O)c1ccccc1N1CCN(C(=O)Cc2ccc(C)cc2)CC1. The van der Waals surface area contributed by atoms with Crippen molar-refractivity contribution in [3.63, 3.8) is 0 Å². The summed E-state index contributed by atoms with van der Waals surface area (Å²) in [6.07, 6.45) is 0.430. The average Bonchev–Trinajstić information content (AvgIpc) is 2.70. The highest BCUT2D eigenvalue weighted by atomic mass is 16.5. The van der Waals surface area contributed by atoms with Crippen LogP contribution in [0.15, 0.2) is 48.5 Å². The number of rotatable bonds is 5. The minimum atomic E-state index is -0.300. The average molecular weight is 366 g/mol. The van der Waals surface area contributed by atoms with E-state index in [0.717, 1.165) is 11.3 Å². The van der Waals surface area contributed by atoms with Gasteiger partial charge in [0.2, 0.25) is 5.91 Å². The first-order valence-electron chi connectivity index (χ1n) is 9.43. The van der Waals surface area contributed by atoms with Gasteiger partial charge in [0.1, 0.15) is 0 Å². The first-order chi connectivity index (χ1) is 13.1. The van der Waals surface area contributed by atoms with E-state index in [4.69, 9.17) is 4.74 Å². The number of nitrogens with zero attached hydrogens (tertiary/aromatic N) is 2. The first kappa shape index (κ1) is 19.0. The normalized spacial score (nSPS) is 14.1. The van der Waals surface area contributed by atoms with Crippen LogP contribution in [0.1, 0.15) is 28.4 Å². The lowest BCUT2D eigenvalue weighted by Crippen LogP contribution is -2.49. The Kier molecular flexibility index (Phi) is 6.12. The summed E-state index contributed by atoms with van der Waals surface area (Å²) < 4.78 is 5.16. The van der Waals surface area contributed by atoms with Crippen LogP contribution in [0.3, 0.4) is 0 Å². The zero-order chi connectivity index (χ0) is 19.2. The fraction of sp³-hybridized carbons (Fsp3) is 0.364. The Balaban J connectivity index is 1.61. The number of hydrogen-bond acceptors (Lipinski definition) is 4. The van der Waals surface area contributed by atoms with Crippen LogP contribution in [0.2, 0.25) is 0 Å². The molecule has 0 aromatic heterocycles. The smallest absolute Gasteiger partial charge is 0.340 e. The molecule has 1 aliphatic heterocycles. The standard InChI is InChI=1S/C22H26N2O3/c1-3-27-22(26)19-6-4-5-7-20(19)23-12-14-24(15-13-23)21(25)16-18-10-8-17(2)9-11-18/h4-11H,3,12-16H2,1-2H3. The van der Waals surface area contributed by atoms with Crippen LogP contribution in [-0.4, -0.2) is 49.6 Å². The molecule has 5 nitrogen and oxygen atoms in total. The molecular weight excluding hydrogens is 340 g/mol. The van der Waals surface area contributed by atoms with E-state index in [1.54, 1.807) is 13.0 Å². The summed E-state index contributed by atoms with van der Waals surface area (Å²) in [4.78, 5) is 28.8. The Morgan fingerprint density at radius 2 is 1.63 bits per heavy atom. The predicted octanol–water partition coefficient (Wildman–Crippen LogP) is 3.06. The Bertz CT molecular complexity index is 793. The molecule has 142 valence electrons. The van der Waals surface area contributed by atoms with Gasteiger partial charge in [-0.3, -0.25) is 4.79 Å². The number of esters is 1. The van der Waals surface area contributed by atoms with E-state index in [1.807, 2.05) is 54.3 Å². The molecule has 0 N–H and O–H groups in total. The summed E-state index contributed by atoms with van der Waals surface area (Å²) in [5.41, 5.74) is 3.70. The number of carbonyl (C=O) groups excluding carboxylic acids is 2. The molecule has 0 aliphatic carbocycles. The van der Waals surface area contributed by atoms with Crippen LogP contribution in [-0.2, 0) is 16.0 Å². The van der Waals surface area contributed by atoms with Crippen molar-refractivity contribution in [1.29, 1.82) is 0 Å². The quantitative estimate of drug-likeness (QED) is 0.763. The van der Waals surface area contributed by atoms with Gasteiger partial charge in [-0.2, -0.15) is 0 Å². The number of aryl methyl sites for hydroxylation is 1. The van der Waals surface area contributed by atoms with Gasteiger partial charge in [0.25, 0.3) is 0 Å². The molecule has 1 amide bonds. The molecule has 0 bridgehead atoms. The van der Waals surface area contributed by atoms with Crippen molar-refractivity contribution in [2.24, 2.45) is 0 Å². The number of piperazine rings is 1. The van der Waals surface area contributed by atoms with Gasteiger partial charge in [0.05, 0.1) is 24.3 Å². The molecule has 1 aliphatic rings. The molecule has 1 heterocycles. The zero-order valence-electron chi connectivity index (χ0n) is 16.0. The number of ether oxygens (including phenoxy) is 1. The van der Waals surface area contributed by atoms with Gasteiger partial charge >= 0.3 is 5.97 Å². The third-order valence-corrected chi connectivity index (χ3v) is 4.85. The summed E-state index contributed by atoms with van der Waals surface area (Å²) in [6.45, 7) is 6.92. The summed E-state index contributed by atoms with van der Waals surface area (Å²) in [6, 6.07) is 15.6. The number of benzene rings is 2. The number of anilines is 1. The van der Waals surface area contributed by atoms with E-state index in [9.17, 15) is 9.59 Å². The van der Waals surface area contributed by atoms with E-state index in [-0.39, 0.29) is 11.9 Å². The summed E-state index contributed by atoms with van der Waals surface area (Å²) in [5.74, 6) is -0.150. The van der Waals surface area contributed by atoms with Crippen LogP contribution in [0, 0.1) is 6.92 Å². The Morgan fingerprint density at radius 1 is 0.963 bits per heavy atom. The maximum absolute atomic E-state index is 12.6. The molecular formula is C22H26N2O3. The second kappa shape index (κ2) is 8.71. The van der Waals surface area contributed by atoms with Crippen molar-refractivity contribution in [1.82, 2.24) is 4.90 Å². The molecule has 2 aromatic carbocycles. The largest absolute Gasteiger partial charge is 0.462 e. The predicted molar refractivity (Wildman–Crippen MR) is 106 cm³/mol. The molecule has 0 radical (unpaired) electrons. The van der Waals surface area contributed by atoms with Crippen LogP contribution < -0.4 is 4.90 Å². The van der Waals surface area contributed by atoms with E-state index in [2.05, 4.69) is 4.90 Å². The molecule has 5 heteroatoms. The molecule has 1 saturated heterocycles. The van der Waals surface area contributed by atoms with Gasteiger partial charge in [-0.25, -0.2) is 4.79 Å². The number of para-hydroxylation sites is 1. The maximum atomic E-state index is 12.6. The van der Waals surface area contributed by atoms with Gasteiger partial charge in [-0.1, -0.05) is 42.0 Å². The highest BCUT2D eigenvalue weighted by Gasteiger charge is 2.24.